The second kappa shape index (κ2) is 17.4. The van der Waals surface area contributed by atoms with Crippen LogP contribution in [0.5, 0.6) is 5.75 Å². The number of amides is 5. The lowest BCUT2D eigenvalue weighted by atomic mass is 10.0. The van der Waals surface area contributed by atoms with Crippen molar-refractivity contribution in [2.75, 3.05) is 19.6 Å². The number of carbonyl (C=O) groups is 6. The lowest BCUT2D eigenvalue weighted by molar-refractivity contribution is -0.149. The summed E-state index contributed by atoms with van der Waals surface area (Å²) in [7, 11) is 0. The molecule has 2 aromatic carbocycles. The molecular weight excluding hydrogens is 632 g/mol. The van der Waals surface area contributed by atoms with Gasteiger partial charge in [-0.15, -0.1) is 0 Å². The minimum Gasteiger partial charge on any atom is -0.508 e. The number of hydrogen-bond donors (Lipinski definition) is 6. The summed E-state index contributed by atoms with van der Waals surface area (Å²) in [6.07, 6.45) is 3.04. The van der Waals surface area contributed by atoms with Gasteiger partial charge >= 0.3 is 5.97 Å². The van der Waals surface area contributed by atoms with Crippen LogP contribution in [0.3, 0.4) is 0 Å². The molecule has 2 aliphatic rings. The molecular formula is C35H46N6O8. The summed E-state index contributed by atoms with van der Waals surface area (Å²) in [5.74, 6) is -3.62. The molecule has 0 unspecified atom stereocenters. The van der Waals surface area contributed by atoms with Gasteiger partial charge in [0.25, 0.3) is 0 Å². The predicted octanol–water partition coefficient (Wildman–Crippen LogP) is 0.457. The van der Waals surface area contributed by atoms with Crippen LogP contribution in [-0.4, -0.2) is 105 Å². The fourth-order valence-electron chi connectivity index (χ4n) is 6.37. The quantitative estimate of drug-likeness (QED) is 0.154. The van der Waals surface area contributed by atoms with Gasteiger partial charge in [0, 0.05) is 19.5 Å². The molecule has 2 heterocycles. The van der Waals surface area contributed by atoms with Gasteiger partial charge in [-0.2, -0.15) is 0 Å². The smallest absolute Gasteiger partial charge is 0.326 e. The van der Waals surface area contributed by atoms with Gasteiger partial charge < -0.3 is 41.7 Å². The van der Waals surface area contributed by atoms with Crippen LogP contribution in [0.25, 0.3) is 0 Å². The molecule has 0 aromatic heterocycles. The minimum absolute atomic E-state index is 0.0933. The van der Waals surface area contributed by atoms with Crippen LogP contribution >= 0.6 is 0 Å². The fraction of sp³-hybridized carbons (Fsp3) is 0.486. The number of rotatable bonds is 15. The molecule has 0 spiro atoms. The summed E-state index contributed by atoms with van der Waals surface area (Å²) in [6.45, 7) is 1.98. The fourth-order valence-corrected chi connectivity index (χ4v) is 6.37. The number of aromatic hydroxyl groups is 1. The van der Waals surface area contributed by atoms with E-state index in [1.807, 2.05) is 13.0 Å². The van der Waals surface area contributed by atoms with Crippen LogP contribution in [0.2, 0.25) is 0 Å². The molecule has 0 saturated carbocycles. The number of likely N-dealkylation sites (tertiary alicyclic amines) is 2. The molecule has 49 heavy (non-hydrogen) atoms. The lowest BCUT2D eigenvalue weighted by Gasteiger charge is -2.29. The summed E-state index contributed by atoms with van der Waals surface area (Å²) < 4.78 is 0. The second-order valence-corrected chi connectivity index (χ2v) is 12.6. The minimum atomic E-state index is -1.10. The summed E-state index contributed by atoms with van der Waals surface area (Å²) in [4.78, 5) is 80.9. The number of aliphatic carboxylic acids is 1. The van der Waals surface area contributed by atoms with Crippen LogP contribution in [0.4, 0.5) is 0 Å². The van der Waals surface area contributed by atoms with Gasteiger partial charge in [-0.3, -0.25) is 24.0 Å². The largest absolute Gasteiger partial charge is 0.508 e. The number of nitrogens with two attached hydrogens (primary N) is 1. The van der Waals surface area contributed by atoms with Gasteiger partial charge in [-0.1, -0.05) is 55.8 Å². The first kappa shape index (κ1) is 36.8. The number of carboxylic acids is 1. The molecule has 7 N–H and O–H groups in total. The summed E-state index contributed by atoms with van der Waals surface area (Å²) in [5, 5.41) is 27.1. The maximum absolute atomic E-state index is 13.6. The van der Waals surface area contributed by atoms with Gasteiger partial charge in [0.1, 0.15) is 29.9 Å². The molecule has 2 aromatic rings. The van der Waals surface area contributed by atoms with Crippen molar-refractivity contribution in [2.45, 2.75) is 88.5 Å². The number of carboxylic acid groups (broad SMARTS) is 1. The highest BCUT2D eigenvalue weighted by Crippen LogP contribution is 2.21. The molecule has 2 fully saturated rings. The average Bonchev–Trinajstić information content (AvgIpc) is 3.79. The van der Waals surface area contributed by atoms with Crippen molar-refractivity contribution < 1.29 is 39.0 Å². The van der Waals surface area contributed by atoms with Crippen LogP contribution in [-0.2, 0) is 41.6 Å². The van der Waals surface area contributed by atoms with Crippen molar-refractivity contribution in [1.29, 1.82) is 0 Å². The van der Waals surface area contributed by atoms with E-state index in [0.29, 0.717) is 45.1 Å². The molecule has 4 rings (SSSR count). The molecule has 14 nitrogen and oxygen atoms in total. The van der Waals surface area contributed by atoms with Gasteiger partial charge in [-0.25, -0.2) is 4.79 Å². The number of phenols is 1. The highest BCUT2D eigenvalue weighted by molar-refractivity contribution is 5.95. The standard InChI is InChI=1S/C35H46N6O8/c1-2-8-26(39-31(44)25(36)19-23-13-15-24(42)16-14-23)33(46)40-17-6-11-28(40)32(45)37-21-30(43)38-27(20-22-9-4-3-5-10-22)34(47)41-18-7-12-29(41)35(48)49/h3-5,9-10,13-16,25-29,42H,2,6-8,11-12,17-21,36H2,1H3,(H,37,45)(H,38,43)(H,39,44)(H,48,49)/t25-,26-,27-,28-,29-/m0/s1. The number of carbonyl (C=O) groups excluding carboxylic acids is 5. The molecule has 2 saturated heterocycles. The van der Waals surface area contributed by atoms with Crippen LogP contribution in [0.15, 0.2) is 54.6 Å². The summed E-state index contributed by atoms with van der Waals surface area (Å²) in [6, 6.07) is 10.6. The van der Waals surface area contributed by atoms with E-state index >= 15 is 0 Å². The van der Waals surface area contributed by atoms with Crippen LogP contribution in [0, 0.1) is 0 Å². The third kappa shape index (κ3) is 10.0. The number of benzene rings is 2. The SMILES string of the molecule is CCC[C@H](NC(=O)[C@@H](N)Cc1ccc(O)cc1)C(=O)N1CCC[C@H]1C(=O)NCC(=O)N[C@@H](Cc1ccccc1)C(=O)N1CCC[C@H]1C(=O)O. The van der Waals surface area contributed by atoms with Crippen molar-refractivity contribution in [3.05, 3.63) is 65.7 Å². The molecule has 2 aliphatic heterocycles. The lowest BCUT2D eigenvalue weighted by Crippen LogP contribution is -2.57. The second-order valence-electron chi connectivity index (χ2n) is 12.6. The van der Waals surface area contributed by atoms with Crippen molar-refractivity contribution >= 4 is 35.5 Å². The van der Waals surface area contributed by atoms with Gasteiger partial charge in [0.05, 0.1) is 12.6 Å². The zero-order valence-electron chi connectivity index (χ0n) is 27.7. The van der Waals surface area contributed by atoms with E-state index < -0.39 is 72.3 Å². The van der Waals surface area contributed by atoms with Gasteiger partial charge in [-0.05, 0) is 61.8 Å². The topological polar surface area (TPSA) is 211 Å². The number of hydrogen-bond acceptors (Lipinski definition) is 8. The maximum Gasteiger partial charge on any atom is 0.326 e. The van der Waals surface area contributed by atoms with E-state index in [1.54, 1.807) is 36.4 Å². The number of nitrogens with one attached hydrogen (secondary N) is 3. The van der Waals surface area contributed by atoms with E-state index in [-0.39, 0.29) is 25.1 Å². The van der Waals surface area contributed by atoms with E-state index in [1.165, 1.54) is 21.9 Å². The Labute approximate surface area is 285 Å². The third-order valence-corrected chi connectivity index (χ3v) is 8.92. The van der Waals surface area contributed by atoms with E-state index in [4.69, 9.17) is 5.73 Å². The molecule has 14 heteroatoms. The Balaban J connectivity index is 1.35. The number of nitrogens with zero attached hydrogens (tertiary/aromatic N) is 2. The Morgan fingerprint density at radius 2 is 1.41 bits per heavy atom. The van der Waals surface area contributed by atoms with Crippen molar-refractivity contribution in [3.8, 4) is 5.75 Å². The van der Waals surface area contributed by atoms with Crippen LogP contribution in [0.1, 0.15) is 56.6 Å². The van der Waals surface area contributed by atoms with E-state index in [0.717, 1.165) is 11.1 Å². The predicted molar refractivity (Wildman–Crippen MR) is 179 cm³/mol. The van der Waals surface area contributed by atoms with Gasteiger partial charge in [0.15, 0.2) is 0 Å². The first-order chi connectivity index (χ1) is 23.5. The first-order valence-corrected chi connectivity index (χ1v) is 16.8. The van der Waals surface area contributed by atoms with Gasteiger partial charge in [0.2, 0.25) is 29.5 Å². The average molecular weight is 679 g/mol. The van der Waals surface area contributed by atoms with Crippen LogP contribution < -0.4 is 21.7 Å². The normalized spacial score (nSPS) is 19.1. The summed E-state index contributed by atoms with van der Waals surface area (Å²) >= 11 is 0. The van der Waals surface area contributed by atoms with Crippen molar-refractivity contribution in [3.63, 3.8) is 0 Å². The summed E-state index contributed by atoms with van der Waals surface area (Å²) in [5.41, 5.74) is 7.64. The zero-order valence-corrected chi connectivity index (χ0v) is 27.7. The highest BCUT2D eigenvalue weighted by Gasteiger charge is 2.39. The Bertz CT molecular complexity index is 1490. The third-order valence-electron chi connectivity index (χ3n) is 8.92. The first-order valence-electron chi connectivity index (χ1n) is 16.8. The Morgan fingerprint density at radius 3 is 2.04 bits per heavy atom. The zero-order chi connectivity index (χ0) is 35.5. The highest BCUT2D eigenvalue weighted by atomic mass is 16.4. The maximum atomic E-state index is 13.6. The van der Waals surface area contributed by atoms with Crippen molar-refractivity contribution in [1.82, 2.24) is 25.8 Å². The molecule has 5 amide bonds. The molecule has 5 atom stereocenters. The van der Waals surface area contributed by atoms with E-state index in [2.05, 4.69) is 16.0 Å². The molecule has 264 valence electrons. The Kier molecular flexibility index (Phi) is 13.1. The Hall–Kier alpha value is -4.98. The molecule has 0 radical (unpaired) electrons. The van der Waals surface area contributed by atoms with Crippen molar-refractivity contribution in [2.24, 2.45) is 5.73 Å². The Morgan fingerprint density at radius 1 is 0.816 bits per heavy atom. The molecule has 0 aliphatic carbocycles. The monoisotopic (exact) mass is 678 g/mol. The number of phenolic OH excluding ortho intramolecular Hbond substituents is 1. The molecule has 0 bridgehead atoms. The van der Waals surface area contributed by atoms with E-state index in [9.17, 15) is 39.0 Å².